The Hall–Kier alpha value is -2.91. The second-order valence-corrected chi connectivity index (χ2v) is 6.56. The van der Waals surface area contributed by atoms with Crippen LogP contribution in [0.25, 0.3) is 5.65 Å². The minimum Gasteiger partial charge on any atom is -0.351 e. The Morgan fingerprint density at radius 3 is 2.81 bits per heavy atom. The zero-order chi connectivity index (χ0) is 19.0. The standard InChI is InChI=1S/C17H18F3N7/c1-11-4-5-22-16(23-11)24-12-3-2-7-26(9-12)14-15-25-13(17(18,19)20)10-27(15)8-6-21-14/h4-6,8,10,12H,2-3,7,9H2,1H3,(H,22,23,24). The molecule has 1 aliphatic heterocycles. The third-order valence-corrected chi connectivity index (χ3v) is 4.50. The molecule has 1 saturated heterocycles. The Kier molecular flexibility index (Phi) is 4.33. The van der Waals surface area contributed by atoms with Crippen molar-refractivity contribution in [3.05, 3.63) is 42.2 Å². The van der Waals surface area contributed by atoms with Gasteiger partial charge in [-0.3, -0.25) is 0 Å². The zero-order valence-electron chi connectivity index (χ0n) is 14.6. The van der Waals surface area contributed by atoms with Crippen LogP contribution in [0, 0.1) is 6.92 Å². The summed E-state index contributed by atoms with van der Waals surface area (Å²) in [6.07, 6.45) is 2.94. The van der Waals surface area contributed by atoms with Gasteiger partial charge in [-0.2, -0.15) is 13.2 Å². The lowest BCUT2D eigenvalue weighted by Crippen LogP contribution is -2.43. The van der Waals surface area contributed by atoms with Crippen LogP contribution in [0.5, 0.6) is 0 Å². The average molecular weight is 377 g/mol. The van der Waals surface area contributed by atoms with Crippen molar-refractivity contribution in [2.24, 2.45) is 0 Å². The van der Waals surface area contributed by atoms with Gasteiger partial charge in [0.2, 0.25) is 5.95 Å². The predicted octanol–water partition coefficient (Wildman–Crippen LogP) is 2.93. The minimum atomic E-state index is -4.49. The van der Waals surface area contributed by atoms with Crippen LogP contribution in [0.2, 0.25) is 0 Å². The van der Waals surface area contributed by atoms with Crippen LogP contribution in [0.1, 0.15) is 24.2 Å². The molecule has 0 saturated carbocycles. The lowest BCUT2D eigenvalue weighted by molar-refractivity contribution is -0.140. The van der Waals surface area contributed by atoms with Crippen LogP contribution >= 0.6 is 0 Å². The molecule has 0 aromatic carbocycles. The summed E-state index contributed by atoms with van der Waals surface area (Å²) in [5.74, 6) is 0.998. The van der Waals surface area contributed by atoms with E-state index in [1.54, 1.807) is 6.20 Å². The van der Waals surface area contributed by atoms with Gasteiger partial charge in [0.25, 0.3) is 0 Å². The molecule has 0 radical (unpaired) electrons. The number of nitrogens with one attached hydrogen (secondary N) is 1. The van der Waals surface area contributed by atoms with E-state index in [1.165, 1.54) is 16.8 Å². The van der Waals surface area contributed by atoms with E-state index in [2.05, 4.69) is 25.3 Å². The first-order valence-electron chi connectivity index (χ1n) is 8.62. The normalized spacial score (nSPS) is 18.1. The molecule has 3 aromatic heterocycles. The lowest BCUT2D eigenvalue weighted by Gasteiger charge is -2.33. The smallest absolute Gasteiger partial charge is 0.351 e. The first kappa shape index (κ1) is 17.5. The summed E-state index contributed by atoms with van der Waals surface area (Å²) in [4.78, 5) is 18.6. The van der Waals surface area contributed by atoms with E-state index in [9.17, 15) is 13.2 Å². The molecule has 1 fully saturated rings. The van der Waals surface area contributed by atoms with Crippen LogP contribution < -0.4 is 10.2 Å². The number of anilines is 2. The van der Waals surface area contributed by atoms with Gasteiger partial charge in [0.1, 0.15) is 0 Å². The van der Waals surface area contributed by atoms with Crippen molar-refractivity contribution in [2.45, 2.75) is 32.0 Å². The minimum absolute atomic E-state index is 0.0691. The van der Waals surface area contributed by atoms with E-state index >= 15 is 0 Å². The molecule has 1 atom stereocenters. The summed E-state index contributed by atoms with van der Waals surface area (Å²) in [7, 11) is 0. The maximum atomic E-state index is 13.0. The molecule has 0 amide bonds. The van der Waals surface area contributed by atoms with Gasteiger partial charge in [-0.05, 0) is 25.8 Å². The molecule has 1 aliphatic rings. The van der Waals surface area contributed by atoms with Gasteiger partial charge in [0.15, 0.2) is 17.2 Å². The van der Waals surface area contributed by atoms with Gasteiger partial charge in [-0.1, -0.05) is 0 Å². The molecular formula is C17H18F3N7. The first-order chi connectivity index (χ1) is 12.9. The number of rotatable bonds is 3. The summed E-state index contributed by atoms with van der Waals surface area (Å²) in [6.45, 7) is 3.17. The third-order valence-electron chi connectivity index (χ3n) is 4.50. The molecule has 27 heavy (non-hydrogen) atoms. The fourth-order valence-corrected chi connectivity index (χ4v) is 3.25. The van der Waals surface area contributed by atoms with E-state index < -0.39 is 11.9 Å². The molecule has 10 heteroatoms. The highest BCUT2D eigenvalue weighted by atomic mass is 19.4. The van der Waals surface area contributed by atoms with E-state index in [0.29, 0.717) is 24.9 Å². The maximum absolute atomic E-state index is 13.0. The zero-order valence-corrected chi connectivity index (χ0v) is 14.6. The van der Waals surface area contributed by atoms with Crippen molar-refractivity contribution in [2.75, 3.05) is 23.3 Å². The molecule has 0 bridgehead atoms. The van der Waals surface area contributed by atoms with E-state index in [-0.39, 0.29) is 11.7 Å². The van der Waals surface area contributed by atoms with Gasteiger partial charge >= 0.3 is 6.18 Å². The summed E-state index contributed by atoms with van der Waals surface area (Å²) in [5.41, 5.74) is 0.151. The summed E-state index contributed by atoms with van der Waals surface area (Å²) in [5, 5.41) is 3.30. The summed E-state index contributed by atoms with van der Waals surface area (Å²) >= 11 is 0. The summed E-state index contributed by atoms with van der Waals surface area (Å²) in [6, 6.07) is 1.89. The van der Waals surface area contributed by atoms with Gasteiger partial charge < -0.3 is 14.6 Å². The molecule has 1 N–H and O–H groups in total. The van der Waals surface area contributed by atoms with E-state index in [1.807, 2.05) is 17.9 Å². The van der Waals surface area contributed by atoms with Crippen LogP contribution in [0.15, 0.2) is 30.9 Å². The number of nitrogens with zero attached hydrogens (tertiary/aromatic N) is 6. The highest BCUT2D eigenvalue weighted by molar-refractivity contribution is 5.65. The number of aryl methyl sites for hydroxylation is 1. The van der Waals surface area contributed by atoms with Gasteiger partial charge in [0, 0.05) is 49.6 Å². The Bertz CT molecular complexity index is 953. The number of hydrogen-bond donors (Lipinski definition) is 1. The number of piperidine rings is 1. The van der Waals surface area contributed by atoms with Crippen molar-refractivity contribution in [3.63, 3.8) is 0 Å². The SMILES string of the molecule is Cc1ccnc(NC2CCCN(c3nccn4cc(C(F)(F)F)nc34)C2)n1. The van der Waals surface area contributed by atoms with Crippen molar-refractivity contribution < 1.29 is 13.2 Å². The predicted molar refractivity (Wildman–Crippen MR) is 93.6 cm³/mol. The topological polar surface area (TPSA) is 71.2 Å². The van der Waals surface area contributed by atoms with Gasteiger partial charge in [0.05, 0.1) is 0 Å². The Morgan fingerprint density at radius 2 is 2.04 bits per heavy atom. The number of imidazole rings is 1. The highest BCUT2D eigenvalue weighted by Crippen LogP contribution is 2.31. The van der Waals surface area contributed by atoms with E-state index in [0.717, 1.165) is 24.7 Å². The van der Waals surface area contributed by atoms with Crippen LogP contribution in [0.3, 0.4) is 0 Å². The van der Waals surface area contributed by atoms with Crippen LogP contribution in [0.4, 0.5) is 24.9 Å². The lowest BCUT2D eigenvalue weighted by atomic mass is 10.1. The largest absolute Gasteiger partial charge is 0.434 e. The monoisotopic (exact) mass is 377 g/mol. The molecule has 4 heterocycles. The molecule has 0 aliphatic carbocycles. The van der Waals surface area contributed by atoms with Crippen molar-refractivity contribution in [1.29, 1.82) is 0 Å². The number of alkyl halides is 3. The number of hydrogen-bond acceptors (Lipinski definition) is 6. The fourth-order valence-electron chi connectivity index (χ4n) is 3.25. The van der Waals surface area contributed by atoms with Crippen LogP contribution in [-0.2, 0) is 6.18 Å². The number of halogens is 3. The maximum Gasteiger partial charge on any atom is 0.434 e. The first-order valence-corrected chi connectivity index (χ1v) is 8.62. The molecule has 0 spiro atoms. The van der Waals surface area contributed by atoms with Gasteiger partial charge in [-0.15, -0.1) is 0 Å². The second kappa shape index (κ2) is 6.67. The average Bonchev–Trinajstić information content (AvgIpc) is 3.07. The molecule has 4 rings (SSSR count). The summed E-state index contributed by atoms with van der Waals surface area (Å²) < 4.78 is 40.4. The van der Waals surface area contributed by atoms with Gasteiger partial charge in [-0.25, -0.2) is 19.9 Å². The molecule has 3 aromatic rings. The number of fused-ring (bicyclic) bond motifs is 1. The molecule has 142 valence electrons. The molecular weight excluding hydrogens is 359 g/mol. The fraction of sp³-hybridized carbons (Fsp3) is 0.412. The number of aromatic nitrogens is 5. The second-order valence-electron chi connectivity index (χ2n) is 6.56. The van der Waals surface area contributed by atoms with Crippen LogP contribution in [-0.4, -0.2) is 43.5 Å². The quantitative estimate of drug-likeness (QED) is 0.757. The third kappa shape index (κ3) is 3.64. The molecule has 1 unspecified atom stereocenters. The van der Waals surface area contributed by atoms with E-state index in [4.69, 9.17) is 0 Å². The van der Waals surface area contributed by atoms with Crippen molar-refractivity contribution >= 4 is 17.4 Å². The Morgan fingerprint density at radius 1 is 1.19 bits per heavy atom. The van der Waals surface area contributed by atoms with Crippen molar-refractivity contribution in [3.8, 4) is 0 Å². The molecule has 7 nitrogen and oxygen atoms in total. The van der Waals surface area contributed by atoms with Crippen molar-refractivity contribution in [1.82, 2.24) is 24.3 Å². The Balaban J connectivity index is 1.58. The Labute approximate surface area is 153 Å². The highest BCUT2D eigenvalue weighted by Gasteiger charge is 2.35.